The monoisotopic (exact) mass is 327 g/mol. The molecule has 2 amide bonds. The molecule has 0 saturated heterocycles. The average Bonchev–Trinajstić information content (AvgIpc) is 2.52. The standard InChI is InChI=1S/C18H18FN3O2/c1-12-5-3-6-14(9-12)18(24)22-21-13(2)10-17(23)20-16-8-4-7-15(19)11-16/h3-9,11H,10H2,1-2H3,(H,20,23)(H,22,24). The molecule has 0 heterocycles. The summed E-state index contributed by atoms with van der Waals surface area (Å²) in [6.45, 7) is 3.52. The molecule has 2 rings (SSSR count). The molecule has 5 nitrogen and oxygen atoms in total. The molecule has 0 aromatic heterocycles. The number of carbonyl (C=O) groups excluding carboxylic acids is 2. The summed E-state index contributed by atoms with van der Waals surface area (Å²) in [5, 5.41) is 6.48. The lowest BCUT2D eigenvalue weighted by Crippen LogP contribution is -2.21. The number of hydrazone groups is 1. The fourth-order valence-electron chi connectivity index (χ4n) is 2.04. The first-order valence-corrected chi connectivity index (χ1v) is 7.39. The van der Waals surface area contributed by atoms with Crippen molar-refractivity contribution in [3.8, 4) is 0 Å². The van der Waals surface area contributed by atoms with Crippen LogP contribution in [0.2, 0.25) is 0 Å². The van der Waals surface area contributed by atoms with Gasteiger partial charge in [0.05, 0.1) is 6.42 Å². The van der Waals surface area contributed by atoms with Gasteiger partial charge in [0.2, 0.25) is 5.91 Å². The molecule has 0 spiro atoms. The Morgan fingerprint density at radius 2 is 1.88 bits per heavy atom. The molecular weight excluding hydrogens is 309 g/mol. The summed E-state index contributed by atoms with van der Waals surface area (Å²) in [4.78, 5) is 23.8. The molecule has 0 saturated carbocycles. The second-order valence-corrected chi connectivity index (χ2v) is 5.39. The predicted octanol–water partition coefficient (Wildman–Crippen LogP) is 3.27. The molecule has 0 radical (unpaired) electrons. The number of anilines is 1. The summed E-state index contributed by atoms with van der Waals surface area (Å²) in [6.07, 6.45) is -0.00931. The predicted molar refractivity (Wildman–Crippen MR) is 91.4 cm³/mol. The maximum atomic E-state index is 13.1. The maximum Gasteiger partial charge on any atom is 0.271 e. The van der Waals surface area contributed by atoms with Gasteiger partial charge in [-0.1, -0.05) is 23.8 Å². The van der Waals surface area contributed by atoms with Gasteiger partial charge in [0.25, 0.3) is 5.91 Å². The Morgan fingerprint density at radius 1 is 1.12 bits per heavy atom. The molecule has 24 heavy (non-hydrogen) atoms. The Labute approximate surface area is 139 Å². The Bertz CT molecular complexity index is 787. The summed E-state index contributed by atoms with van der Waals surface area (Å²) in [7, 11) is 0. The van der Waals surface area contributed by atoms with E-state index >= 15 is 0 Å². The van der Waals surface area contributed by atoms with Crippen LogP contribution in [-0.4, -0.2) is 17.5 Å². The van der Waals surface area contributed by atoms with Crippen molar-refractivity contribution in [1.29, 1.82) is 0 Å². The lowest BCUT2D eigenvalue weighted by molar-refractivity contribution is -0.115. The molecule has 2 aromatic carbocycles. The van der Waals surface area contributed by atoms with Crippen LogP contribution in [0.25, 0.3) is 0 Å². The average molecular weight is 327 g/mol. The fraction of sp³-hybridized carbons (Fsp3) is 0.167. The van der Waals surface area contributed by atoms with E-state index in [1.807, 2.05) is 13.0 Å². The highest BCUT2D eigenvalue weighted by molar-refractivity contribution is 6.06. The molecular formula is C18H18FN3O2. The van der Waals surface area contributed by atoms with Crippen LogP contribution >= 0.6 is 0 Å². The third-order valence-electron chi connectivity index (χ3n) is 3.15. The SMILES string of the molecule is CC(CC(=O)Nc1cccc(F)c1)=NNC(=O)c1cccc(C)c1. The van der Waals surface area contributed by atoms with Gasteiger partial charge in [-0.3, -0.25) is 9.59 Å². The zero-order valence-electron chi connectivity index (χ0n) is 13.5. The second kappa shape index (κ2) is 8.01. The van der Waals surface area contributed by atoms with Crippen LogP contribution in [0.5, 0.6) is 0 Å². The molecule has 0 atom stereocenters. The number of hydrogen-bond acceptors (Lipinski definition) is 3. The van der Waals surface area contributed by atoms with Gasteiger partial charge >= 0.3 is 0 Å². The Morgan fingerprint density at radius 3 is 2.58 bits per heavy atom. The second-order valence-electron chi connectivity index (χ2n) is 5.39. The van der Waals surface area contributed by atoms with Crippen molar-refractivity contribution in [3.05, 3.63) is 65.5 Å². The molecule has 6 heteroatoms. The van der Waals surface area contributed by atoms with E-state index in [4.69, 9.17) is 0 Å². The third kappa shape index (κ3) is 5.31. The molecule has 2 N–H and O–H groups in total. The normalized spacial score (nSPS) is 11.0. The maximum absolute atomic E-state index is 13.1. The van der Waals surface area contributed by atoms with Gasteiger partial charge < -0.3 is 5.32 Å². The van der Waals surface area contributed by atoms with Crippen molar-refractivity contribution in [1.82, 2.24) is 5.43 Å². The van der Waals surface area contributed by atoms with Crippen LogP contribution < -0.4 is 10.7 Å². The molecule has 0 fully saturated rings. The van der Waals surface area contributed by atoms with Crippen LogP contribution in [0, 0.1) is 12.7 Å². The van der Waals surface area contributed by atoms with E-state index in [1.165, 1.54) is 18.2 Å². The van der Waals surface area contributed by atoms with Crippen LogP contribution in [0.1, 0.15) is 29.3 Å². The molecule has 0 aliphatic carbocycles. The zero-order valence-corrected chi connectivity index (χ0v) is 13.5. The fourth-order valence-corrected chi connectivity index (χ4v) is 2.04. The molecule has 0 aliphatic rings. The highest BCUT2D eigenvalue weighted by Crippen LogP contribution is 2.09. The van der Waals surface area contributed by atoms with Crippen LogP contribution in [-0.2, 0) is 4.79 Å². The number of carbonyl (C=O) groups is 2. The van der Waals surface area contributed by atoms with Gasteiger partial charge in [0.15, 0.2) is 0 Å². The number of benzene rings is 2. The summed E-state index contributed by atoms with van der Waals surface area (Å²) < 4.78 is 13.1. The van der Waals surface area contributed by atoms with E-state index in [9.17, 15) is 14.0 Å². The number of amides is 2. The summed E-state index contributed by atoms with van der Waals surface area (Å²) in [6, 6.07) is 12.7. The lowest BCUT2D eigenvalue weighted by Gasteiger charge is -2.06. The Hall–Kier alpha value is -3.02. The molecule has 0 aliphatic heterocycles. The number of nitrogens with one attached hydrogen (secondary N) is 2. The quantitative estimate of drug-likeness (QED) is 0.653. The van der Waals surface area contributed by atoms with Crippen molar-refractivity contribution in [2.45, 2.75) is 20.3 Å². The van der Waals surface area contributed by atoms with E-state index in [0.717, 1.165) is 5.56 Å². The minimum absolute atomic E-state index is 0.00931. The molecule has 124 valence electrons. The molecule has 0 bridgehead atoms. The number of halogens is 1. The summed E-state index contributed by atoms with van der Waals surface area (Å²) in [5.41, 5.74) is 4.69. The van der Waals surface area contributed by atoms with Crippen LogP contribution in [0.3, 0.4) is 0 Å². The van der Waals surface area contributed by atoms with Gasteiger partial charge in [0, 0.05) is 17.0 Å². The zero-order chi connectivity index (χ0) is 17.5. The van der Waals surface area contributed by atoms with Crippen LogP contribution in [0.15, 0.2) is 53.6 Å². The highest BCUT2D eigenvalue weighted by atomic mass is 19.1. The van der Waals surface area contributed by atoms with E-state index in [2.05, 4.69) is 15.8 Å². The largest absolute Gasteiger partial charge is 0.326 e. The highest BCUT2D eigenvalue weighted by Gasteiger charge is 2.07. The van der Waals surface area contributed by atoms with E-state index in [-0.39, 0.29) is 18.2 Å². The number of nitrogens with zero attached hydrogens (tertiary/aromatic N) is 1. The van der Waals surface area contributed by atoms with Gasteiger partial charge in [0.1, 0.15) is 5.82 Å². The van der Waals surface area contributed by atoms with E-state index in [1.54, 1.807) is 31.2 Å². The molecule has 2 aromatic rings. The first-order chi connectivity index (χ1) is 11.4. The van der Waals surface area contributed by atoms with E-state index < -0.39 is 5.82 Å². The first kappa shape index (κ1) is 17.3. The Balaban J connectivity index is 1.89. The van der Waals surface area contributed by atoms with Gasteiger partial charge in [-0.05, 0) is 44.2 Å². The van der Waals surface area contributed by atoms with Crippen molar-refractivity contribution < 1.29 is 14.0 Å². The third-order valence-corrected chi connectivity index (χ3v) is 3.15. The van der Waals surface area contributed by atoms with Crippen molar-refractivity contribution in [3.63, 3.8) is 0 Å². The first-order valence-electron chi connectivity index (χ1n) is 7.39. The Kier molecular flexibility index (Phi) is 5.78. The van der Waals surface area contributed by atoms with Crippen molar-refractivity contribution in [2.24, 2.45) is 5.10 Å². The minimum Gasteiger partial charge on any atom is -0.326 e. The summed E-state index contributed by atoms with van der Waals surface area (Å²) >= 11 is 0. The van der Waals surface area contributed by atoms with Crippen molar-refractivity contribution >= 4 is 23.2 Å². The van der Waals surface area contributed by atoms with Crippen molar-refractivity contribution in [2.75, 3.05) is 5.32 Å². The molecule has 0 unspecified atom stereocenters. The smallest absolute Gasteiger partial charge is 0.271 e. The number of hydrogen-bond donors (Lipinski definition) is 2. The topological polar surface area (TPSA) is 70.6 Å². The van der Waals surface area contributed by atoms with Crippen LogP contribution in [0.4, 0.5) is 10.1 Å². The number of rotatable bonds is 5. The number of aryl methyl sites for hydroxylation is 1. The minimum atomic E-state index is -0.427. The lowest BCUT2D eigenvalue weighted by atomic mass is 10.1. The van der Waals surface area contributed by atoms with Gasteiger partial charge in [-0.25, -0.2) is 9.82 Å². The van der Waals surface area contributed by atoms with E-state index in [0.29, 0.717) is 17.0 Å². The summed E-state index contributed by atoms with van der Waals surface area (Å²) in [5.74, 6) is -1.11. The van der Waals surface area contributed by atoms with Gasteiger partial charge in [-0.15, -0.1) is 0 Å². The van der Waals surface area contributed by atoms with Gasteiger partial charge in [-0.2, -0.15) is 5.10 Å².